The molecule has 1 aliphatic heterocycles. The van der Waals surface area contributed by atoms with Gasteiger partial charge in [0, 0.05) is 36.4 Å². The number of nitro groups is 1. The zero-order valence-corrected chi connectivity index (χ0v) is 18.5. The van der Waals surface area contributed by atoms with E-state index in [9.17, 15) is 25.0 Å². The van der Waals surface area contributed by atoms with E-state index in [1.165, 1.54) is 18.2 Å². The van der Waals surface area contributed by atoms with Crippen molar-refractivity contribution in [2.45, 2.75) is 33.3 Å². The van der Waals surface area contributed by atoms with Crippen molar-refractivity contribution in [2.75, 3.05) is 13.2 Å². The van der Waals surface area contributed by atoms with Gasteiger partial charge in [0.15, 0.2) is 0 Å². The molecule has 0 fully saturated rings. The highest BCUT2D eigenvalue weighted by molar-refractivity contribution is 6.19. The fourth-order valence-corrected chi connectivity index (χ4v) is 3.38. The molecule has 2 amide bonds. The predicted octanol–water partition coefficient (Wildman–Crippen LogP) is 4.26. The molecule has 0 radical (unpaired) electrons. The quantitative estimate of drug-likeness (QED) is 0.194. The number of rotatable bonds is 8. The number of furan rings is 1. The van der Waals surface area contributed by atoms with Gasteiger partial charge in [-0.15, -0.1) is 0 Å². The number of amides is 2. The van der Waals surface area contributed by atoms with Crippen molar-refractivity contribution in [1.29, 1.82) is 5.26 Å². The Kier molecular flexibility index (Phi) is 7.20. The van der Waals surface area contributed by atoms with Crippen LogP contribution in [-0.4, -0.2) is 40.9 Å². The first-order valence-electron chi connectivity index (χ1n) is 10.4. The van der Waals surface area contributed by atoms with Gasteiger partial charge in [-0.1, -0.05) is 12.1 Å². The largest absolute Gasteiger partial charge is 0.457 e. The molecule has 0 N–H and O–H groups in total. The third-order valence-corrected chi connectivity index (χ3v) is 5.06. The van der Waals surface area contributed by atoms with E-state index in [1.54, 1.807) is 31.2 Å². The van der Waals surface area contributed by atoms with E-state index in [1.807, 2.05) is 19.9 Å². The molecule has 2 aromatic rings. The van der Waals surface area contributed by atoms with Crippen LogP contribution in [0.3, 0.4) is 0 Å². The molecule has 0 bridgehead atoms. The Balaban J connectivity index is 1.90. The molecule has 33 heavy (non-hydrogen) atoms. The van der Waals surface area contributed by atoms with E-state index in [4.69, 9.17) is 9.15 Å². The number of nitro benzene ring substituents is 1. The summed E-state index contributed by atoms with van der Waals surface area (Å²) in [6.07, 6.45) is 1.95. The normalized spacial score (nSPS) is 15.5. The lowest BCUT2D eigenvalue weighted by molar-refractivity contribution is -0.384. The molecular weight excluding hydrogens is 426 g/mol. The van der Waals surface area contributed by atoms with Gasteiger partial charge in [0.05, 0.1) is 11.0 Å². The van der Waals surface area contributed by atoms with Gasteiger partial charge in [0.2, 0.25) is 0 Å². The minimum absolute atomic E-state index is 0.0317. The number of non-ortho nitro benzene ring substituents is 1. The highest BCUT2D eigenvalue weighted by Gasteiger charge is 2.35. The Morgan fingerprint density at radius 2 is 2.00 bits per heavy atom. The average Bonchev–Trinajstić information content (AvgIpc) is 3.25. The highest BCUT2D eigenvalue weighted by Crippen LogP contribution is 2.30. The molecule has 9 nitrogen and oxygen atoms in total. The summed E-state index contributed by atoms with van der Waals surface area (Å²) in [5, 5.41) is 20.5. The summed E-state index contributed by atoms with van der Waals surface area (Å²) in [4.78, 5) is 37.3. The summed E-state index contributed by atoms with van der Waals surface area (Å²) < 4.78 is 11.2. The van der Waals surface area contributed by atoms with E-state index in [-0.39, 0.29) is 35.1 Å². The van der Waals surface area contributed by atoms with Gasteiger partial charge in [-0.2, -0.15) is 5.26 Å². The minimum Gasteiger partial charge on any atom is -0.457 e. The molecule has 2 heterocycles. The SMILES string of the molecule is CC1=C(C#N)C(=O)N(CCCOC(C)C)C(=O)/C1=C/c1ccc(-c2cccc([N+](=O)[O-])c2)o1. The molecule has 0 saturated heterocycles. The Hall–Kier alpha value is -4.03. The second-order valence-corrected chi connectivity index (χ2v) is 7.71. The smallest absolute Gasteiger partial charge is 0.271 e. The van der Waals surface area contributed by atoms with Gasteiger partial charge in [-0.3, -0.25) is 24.6 Å². The molecule has 170 valence electrons. The molecule has 1 aliphatic rings. The zero-order valence-electron chi connectivity index (χ0n) is 18.5. The lowest BCUT2D eigenvalue weighted by atomic mass is 9.94. The van der Waals surface area contributed by atoms with Crippen LogP contribution in [0.15, 0.2) is 57.5 Å². The number of benzene rings is 1. The molecule has 0 atom stereocenters. The summed E-state index contributed by atoms with van der Waals surface area (Å²) in [5.74, 6) is -0.448. The lowest BCUT2D eigenvalue weighted by Gasteiger charge is -2.27. The number of nitriles is 1. The first-order valence-corrected chi connectivity index (χ1v) is 10.4. The Morgan fingerprint density at radius 1 is 1.24 bits per heavy atom. The van der Waals surface area contributed by atoms with Crippen LogP contribution in [0.5, 0.6) is 0 Å². The van der Waals surface area contributed by atoms with Crippen LogP contribution < -0.4 is 0 Å². The number of nitrogens with zero attached hydrogens (tertiary/aromatic N) is 3. The van der Waals surface area contributed by atoms with Crippen LogP contribution in [0.2, 0.25) is 0 Å². The van der Waals surface area contributed by atoms with Crippen molar-refractivity contribution in [3.63, 3.8) is 0 Å². The van der Waals surface area contributed by atoms with Crippen molar-refractivity contribution >= 4 is 23.6 Å². The minimum atomic E-state index is -0.626. The first kappa shape index (κ1) is 23.6. The maximum absolute atomic E-state index is 13.1. The molecule has 0 aliphatic carbocycles. The van der Waals surface area contributed by atoms with Crippen LogP contribution in [0.4, 0.5) is 5.69 Å². The number of hydrogen-bond donors (Lipinski definition) is 0. The van der Waals surface area contributed by atoms with Gasteiger partial charge in [0.25, 0.3) is 17.5 Å². The van der Waals surface area contributed by atoms with Crippen molar-refractivity contribution in [1.82, 2.24) is 4.90 Å². The Labute approximate surface area is 190 Å². The first-order chi connectivity index (χ1) is 15.7. The number of hydrogen-bond acceptors (Lipinski definition) is 7. The van der Waals surface area contributed by atoms with Crippen molar-refractivity contribution in [3.8, 4) is 17.4 Å². The lowest BCUT2D eigenvalue weighted by Crippen LogP contribution is -2.43. The molecule has 0 spiro atoms. The number of carbonyl (C=O) groups is 2. The summed E-state index contributed by atoms with van der Waals surface area (Å²) in [6.45, 7) is 5.83. The van der Waals surface area contributed by atoms with Crippen LogP contribution >= 0.6 is 0 Å². The molecule has 3 rings (SSSR count). The third-order valence-electron chi connectivity index (χ3n) is 5.06. The van der Waals surface area contributed by atoms with Crippen molar-refractivity contribution < 1.29 is 23.7 Å². The van der Waals surface area contributed by atoms with E-state index < -0.39 is 16.7 Å². The van der Waals surface area contributed by atoms with E-state index in [0.717, 1.165) is 4.90 Å². The Morgan fingerprint density at radius 3 is 2.67 bits per heavy atom. The van der Waals surface area contributed by atoms with E-state index >= 15 is 0 Å². The highest BCUT2D eigenvalue weighted by atomic mass is 16.6. The van der Waals surface area contributed by atoms with Crippen LogP contribution in [0.1, 0.15) is 33.0 Å². The maximum Gasteiger partial charge on any atom is 0.271 e. The average molecular weight is 449 g/mol. The number of imide groups is 1. The van der Waals surface area contributed by atoms with E-state index in [2.05, 4.69) is 0 Å². The number of ether oxygens (including phenoxy) is 1. The summed E-state index contributed by atoms with van der Waals surface area (Å²) in [6, 6.07) is 11.1. The summed E-state index contributed by atoms with van der Waals surface area (Å²) >= 11 is 0. The standard InChI is InChI=1S/C24H23N3O6/c1-15(2)32-11-5-10-26-23(28)20(16(3)21(14-25)24(26)29)13-19-8-9-22(33-19)17-6-4-7-18(12-17)27(30)31/h4,6-9,12-13,15H,5,10-11H2,1-3H3/b20-13+. The van der Waals surface area contributed by atoms with Gasteiger partial charge >= 0.3 is 0 Å². The molecule has 1 aromatic heterocycles. The van der Waals surface area contributed by atoms with Crippen molar-refractivity contribution in [2.24, 2.45) is 0 Å². The maximum atomic E-state index is 13.1. The topological polar surface area (TPSA) is 127 Å². The van der Waals surface area contributed by atoms with Crippen LogP contribution in [0, 0.1) is 21.4 Å². The van der Waals surface area contributed by atoms with Gasteiger partial charge < -0.3 is 9.15 Å². The second-order valence-electron chi connectivity index (χ2n) is 7.71. The van der Waals surface area contributed by atoms with Crippen LogP contribution in [-0.2, 0) is 14.3 Å². The fraction of sp³-hybridized carbons (Fsp3) is 0.292. The zero-order chi connectivity index (χ0) is 24.1. The number of carbonyl (C=O) groups excluding carboxylic acids is 2. The fourth-order valence-electron chi connectivity index (χ4n) is 3.38. The second kappa shape index (κ2) is 10.1. The molecule has 0 saturated carbocycles. The molecule has 1 aromatic carbocycles. The summed E-state index contributed by atoms with van der Waals surface area (Å²) in [5.41, 5.74) is 0.789. The molecule has 0 unspecified atom stereocenters. The monoisotopic (exact) mass is 449 g/mol. The van der Waals surface area contributed by atoms with Gasteiger partial charge in [-0.05, 0) is 51.0 Å². The van der Waals surface area contributed by atoms with Gasteiger partial charge in [0.1, 0.15) is 23.2 Å². The molecular formula is C24H23N3O6. The third kappa shape index (κ3) is 5.25. The molecule has 9 heteroatoms. The predicted molar refractivity (Wildman–Crippen MR) is 120 cm³/mol. The van der Waals surface area contributed by atoms with E-state index in [0.29, 0.717) is 30.1 Å². The van der Waals surface area contributed by atoms with Crippen molar-refractivity contribution in [3.05, 3.63) is 69.0 Å². The van der Waals surface area contributed by atoms with Crippen LogP contribution in [0.25, 0.3) is 17.4 Å². The Bertz CT molecular complexity index is 1200. The van der Waals surface area contributed by atoms with Gasteiger partial charge in [-0.25, -0.2) is 0 Å². The summed E-state index contributed by atoms with van der Waals surface area (Å²) in [7, 11) is 0.